The molecule has 0 saturated carbocycles. The summed E-state index contributed by atoms with van der Waals surface area (Å²) < 4.78 is 5.84. The third-order valence-electron chi connectivity index (χ3n) is 1.62. The second-order valence-corrected chi connectivity index (χ2v) is 2.59. The van der Waals surface area contributed by atoms with Crippen LogP contribution in [-0.4, -0.2) is 21.4 Å². The van der Waals surface area contributed by atoms with E-state index < -0.39 is 5.76 Å². The molecule has 0 amide bonds. The van der Waals surface area contributed by atoms with Crippen LogP contribution in [0.2, 0.25) is 0 Å². The van der Waals surface area contributed by atoms with Gasteiger partial charge in [0.05, 0.1) is 0 Å². The van der Waals surface area contributed by atoms with Gasteiger partial charge >= 0.3 is 5.76 Å². The van der Waals surface area contributed by atoms with Gasteiger partial charge in [-0.1, -0.05) is 17.3 Å². The highest BCUT2D eigenvalue weighted by Gasteiger charge is 2.02. The van der Waals surface area contributed by atoms with Gasteiger partial charge in [-0.05, 0) is 13.3 Å². The Morgan fingerprint density at radius 2 is 2.38 bits per heavy atom. The molecule has 0 radical (unpaired) electrons. The first kappa shape index (κ1) is 9.73. The predicted molar refractivity (Wildman–Crippen MR) is 46.3 cm³/mol. The van der Waals surface area contributed by atoms with Crippen molar-refractivity contribution >= 4 is 0 Å². The summed E-state index contributed by atoms with van der Waals surface area (Å²) in [6.07, 6.45) is 4.19. The van der Waals surface area contributed by atoms with E-state index in [1.807, 2.05) is 0 Å². The first-order chi connectivity index (χ1) is 6.25. The number of hydrogen-bond donors (Lipinski definition) is 1. The molecule has 1 aromatic heterocycles. The Hall–Kier alpha value is -1.36. The lowest BCUT2D eigenvalue weighted by molar-refractivity contribution is 0.302. The number of aryl methyl sites for hydroxylation is 1. The number of nitrogens with zero attached hydrogens (tertiary/aromatic N) is 2. The summed E-state index contributed by atoms with van der Waals surface area (Å²) in [5.41, 5.74) is 0. The molecule has 0 aliphatic rings. The topological polar surface area (TPSA) is 68.3 Å². The van der Waals surface area contributed by atoms with Crippen molar-refractivity contribution in [2.24, 2.45) is 0 Å². The van der Waals surface area contributed by atoms with Crippen molar-refractivity contribution < 1.29 is 9.63 Å². The minimum absolute atomic E-state index is 0.119. The van der Waals surface area contributed by atoms with E-state index in [0.717, 1.165) is 0 Å². The molecule has 0 atom stereocenters. The normalized spacial score (nSPS) is 11.2. The van der Waals surface area contributed by atoms with Gasteiger partial charge in [0.15, 0.2) is 5.82 Å². The van der Waals surface area contributed by atoms with E-state index in [2.05, 4.69) is 9.68 Å². The molecule has 0 aromatic carbocycles. The van der Waals surface area contributed by atoms with Crippen molar-refractivity contribution in [1.82, 2.24) is 9.72 Å². The van der Waals surface area contributed by atoms with E-state index in [1.54, 1.807) is 19.1 Å². The molecule has 0 aliphatic carbocycles. The van der Waals surface area contributed by atoms with Crippen molar-refractivity contribution in [3.63, 3.8) is 0 Å². The Bertz CT molecular complexity index is 337. The lowest BCUT2D eigenvalue weighted by Gasteiger charge is -1.93. The van der Waals surface area contributed by atoms with E-state index >= 15 is 0 Å². The maximum atomic E-state index is 11.0. The van der Waals surface area contributed by atoms with Crippen LogP contribution < -0.4 is 5.76 Å². The van der Waals surface area contributed by atoms with Gasteiger partial charge in [-0.15, -0.1) is 0 Å². The Balaban J connectivity index is 2.59. The molecule has 0 spiro atoms. The number of rotatable bonds is 4. The molecule has 0 fully saturated rings. The van der Waals surface area contributed by atoms with Crippen molar-refractivity contribution in [2.75, 3.05) is 6.61 Å². The van der Waals surface area contributed by atoms with E-state index in [9.17, 15) is 4.79 Å². The van der Waals surface area contributed by atoms with Crippen LogP contribution in [0.25, 0.3) is 0 Å². The van der Waals surface area contributed by atoms with Gasteiger partial charge in [-0.3, -0.25) is 9.09 Å². The Morgan fingerprint density at radius 1 is 1.62 bits per heavy atom. The molecule has 1 rings (SSSR count). The zero-order valence-electron chi connectivity index (χ0n) is 7.43. The third kappa shape index (κ3) is 2.55. The van der Waals surface area contributed by atoms with Crippen LogP contribution in [0.1, 0.15) is 12.2 Å². The quantitative estimate of drug-likeness (QED) is 0.673. The smallest absolute Gasteiger partial charge is 0.396 e. The molecule has 5 heteroatoms. The maximum Gasteiger partial charge on any atom is 0.441 e. The van der Waals surface area contributed by atoms with Crippen LogP contribution in [0.15, 0.2) is 21.5 Å². The number of allylic oxidation sites excluding steroid dienone is 1. The summed E-state index contributed by atoms with van der Waals surface area (Å²) in [6, 6.07) is 0. The van der Waals surface area contributed by atoms with Gasteiger partial charge in [-0.25, -0.2) is 4.79 Å². The van der Waals surface area contributed by atoms with Crippen LogP contribution >= 0.6 is 0 Å². The molecule has 0 bridgehead atoms. The van der Waals surface area contributed by atoms with Crippen molar-refractivity contribution in [3.8, 4) is 0 Å². The molecule has 13 heavy (non-hydrogen) atoms. The Morgan fingerprint density at radius 3 is 2.92 bits per heavy atom. The van der Waals surface area contributed by atoms with Crippen LogP contribution in [0.3, 0.4) is 0 Å². The average molecular weight is 184 g/mol. The van der Waals surface area contributed by atoms with Gasteiger partial charge in [0.25, 0.3) is 0 Å². The second-order valence-electron chi connectivity index (χ2n) is 2.59. The number of aromatic nitrogens is 2. The van der Waals surface area contributed by atoms with Gasteiger partial charge < -0.3 is 5.11 Å². The first-order valence-corrected chi connectivity index (χ1v) is 4.04. The van der Waals surface area contributed by atoms with Gasteiger partial charge in [-0.2, -0.15) is 0 Å². The minimum Gasteiger partial charge on any atom is -0.396 e. The largest absolute Gasteiger partial charge is 0.441 e. The molecule has 5 nitrogen and oxygen atoms in total. The third-order valence-corrected chi connectivity index (χ3v) is 1.62. The van der Waals surface area contributed by atoms with Crippen LogP contribution in [0, 0.1) is 6.92 Å². The summed E-state index contributed by atoms with van der Waals surface area (Å²) in [5, 5.41) is 12.0. The zero-order valence-corrected chi connectivity index (χ0v) is 7.43. The molecule has 72 valence electrons. The highest BCUT2D eigenvalue weighted by atomic mass is 16.5. The second kappa shape index (κ2) is 4.61. The Labute approximate surface area is 75.3 Å². The standard InChI is InChI=1S/C8H12N2O3/c1-7-9-13-8(12)10(7)5-3-2-4-6-11/h2-3,11H,4-6H2,1H3/b3-2+. The average Bonchev–Trinajstić information content (AvgIpc) is 2.42. The molecular formula is C8H12N2O3. The fourth-order valence-corrected chi connectivity index (χ4v) is 0.915. The Kier molecular flexibility index (Phi) is 3.45. The summed E-state index contributed by atoms with van der Waals surface area (Å²) >= 11 is 0. The van der Waals surface area contributed by atoms with Crippen molar-refractivity contribution in [1.29, 1.82) is 0 Å². The molecule has 0 aliphatic heterocycles. The molecule has 1 N–H and O–H groups in total. The number of aliphatic hydroxyl groups is 1. The molecule has 0 saturated heterocycles. The predicted octanol–water partition coefficient (Wildman–Crippen LogP) is 0.0833. The highest BCUT2D eigenvalue weighted by Crippen LogP contribution is 1.90. The summed E-state index contributed by atoms with van der Waals surface area (Å²) in [6.45, 7) is 2.26. The highest BCUT2D eigenvalue weighted by molar-refractivity contribution is 4.87. The van der Waals surface area contributed by atoms with E-state index in [-0.39, 0.29) is 6.61 Å². The summed E-state index contributed by atoms with van der Waals surface area (Å²) in [5.74, 6) is 0.102. The maximum absolute atomic E-state index is 11.0. The van der Waals surface area contributed by atoms with Crippen LogP contribution in [0.4, 0.5) is 0 Å². The molecular weight excluding hydrogens is 172 g/mol. The zero-order chi connectivity index (χ0) is 9.68. The van der Waals surface area contributed by atoms with Crippen LogP contribution in [-0.2, 0) is 6.54 Å². The van der Waals surface area contributed by atoms with E-state index in [0.29, 0.717) is 18.8 Å². The van der Waals surface area contributed by atoms with Crippen molar-refractivity contribution in [3.05, 3.63) is 28.5 Å². The van der Waals surface area contributed by atoms with Gasteiger partial charge in [0.1, 0.15) is 0 Å². The molecule has 1 aromatic rings. The summed E-state index contributed by atoms with van der Waals surface area (Å²) in [4.78, 5) is 11.0. The van der Waals surface area contributed by atoms with Crippen molar-refractivity contribution in [2.45, 2.75) is 19.9 Å². The van der Waals surface area contributed by atoms with Gasteiger partial charge in [0.2, 0.25) is 0 Å². The minimum atomic E-state index is -0.453. The van der Waals surface area contributed by atoms with Crippen LogP contribution in [0.5, 0.6) is 0 Å². The number of aliphatic hydroxyl groups excluding tert-OH is 1. The first-order valence-electron chi connectivity index (χ1n) is 4.04. The van der Waals surface area contributed by atoms with E-state index in [1.165, 1.54) is 4.57 Å². The fraction of sp³-hybridized carbons (Fsp3) is 0.500. The monoisotopic (exact) mass is 184 g/mol. The lowest BCUT2D eigenvalue weighted by Crippen LogP contribution is -2.14. The SMILES string of the molecule is Cc1noc(=O)n1C/C=C/CCO. The molecule has 0 unspecified atom stereocenters. The molecule has 1 heterocycles. The fourth-order valence-electron chi connectivity index (χ4n) is 0.915. The van der Waals surface area contributed by atoms with Gasteiger partial charge in [0, 0.05) is 13.2 Å². The summed E-state index contributed by atoms with van der Waals surface area (Å²) in [7, 11) is 0. The number of hydrogen-bond acceptors (Lipinski definition) is 4. The van der Waals surface area contributed by atoms with E-state index in [4.69, 9.17) is 5.11 Å². The lowest BCUT2D eigenvalue weighted by atomic mass is 10.4.